The van der Waals surface area contributed by atoms with E-state index in [4.69, 9.17) is 4.42 Å². The second-order valence-electron chi connectivity index (χ2n) is 7.47. The van der Waals surface area contributed by atoms with Crippen LogP contribution in [0, 0.1) is 6.92 Å². The highest BCUT2D eigenvalue weighted by atomic mass is 19.3. The molecule has 0 aliphatic carbocycles. The van der Waals surface area contributed by atoms with Crippen molar-refractivity contribution in [3.05, 3.63) is 71.0 Å². The van der Waals surface area contributed by atoms with Gasteiger partial charge in [-0.05, 0) is 32.0 Å². The maximum absolute atomic E-state index is 13.2. The van der Waals surface area contributed by atoms with Gasteiger partial charge < -0.3 is 9.73 Å². The van der Waals surface area contributed by atoms with Crippen LogP contribution in [-0.2, 0) is 19.6 Å². The van der Waals surface area contributed by atoms with Gasteiger partial charge in [0.2, 0.25) is 0 Å². The molecule has 180 valence electrons. The van der Waals surface area contributed by atoms with Crippen molar-refractivity contribution in [1.29, 1.82) is 0 Å². The first-order valence-electron chi connectivity index (χ1n) is 10.3. The topological polar surface area (TPSA) is 95.7 Å². The first-order valence-corrected chi connectivity index (χ1v) is 10.3. The van der Waals surface area contributed by atoms with Crippen LogP contribution in [0.25, 0.3) is 0 Å². The zero-order valence-corrected chi connectivity index (χ0v) is 18.3. The quantitative estimate of drug-likeness (QED) is 0.359. The van der Waals surface area contributed by atoms with E-state index in [2.05, 4.69) is 20.6 Å². The van der Waals surface area contributed by atoms with E-state index < -0.39 is 30.1 Å². The average Bonchev–Trinajstić information content (AvgIpc) is 3.57. The molecule has 1 N–H and O–H groups in total. The minimum Gasteiger partial charge on any atom is -0.454 e. The summed E-state index contributed by atoms with van der Waals surface area (Å²) in [5.41, 5.74) is 1.03. The van der Waals surface area contributed by atoms with Gasteiger partial charge in [0.1, 0.15) is 17.1 Å². The van der Waals surface area contributed by atoms with E-state index in [9.17, 15) is 22.4 Å². The lowest BCUT2D eigenvalue weighted by Crippen LogP contribution is -2.10. The molecule has 0 aromatic carbocycles. The summed E-state index contributed by atoms with van der Waals surface area (Å²) in [6.45, 7) is 4.87. The molecule has 0 bridgehead atoms. The van der Waals surface area contributed by atoms with Crippen molar-refractivity contribution in [1.82, 2.24) is 29.3 Å². The molecule has 4 aromatic rings. The molecule has 13 heteroatoms. The number of anilines is 1. The zero-order valence-electron chi connectivity index (χ0n) is 18.3. The van der Waals surface area contributed by atoms with Gasteiger partial charge in [-0.1, -0.05) is 0 Å². The van der Waals surface area contributed by atoms with Crippen LogP contribution in [0.15, 0.2) is 41.2 Å². The standard InChI is InChI=1S/C21H21F4N7O2/c1-3-31-12(2)13(7-27-31)9-30-10-14(8-26-30)28-21(33)18-5-4-15(34-18)11-32-17(20(24)25)6-16(29-32)19(22)23/h4-8,10,19-20H,3,9,11H2,1-2H3,(H,28,33). The highest BCUT2D eigenvalue weighted by Gasteiger charge is 2.22. The maximum Gasteiger partial charge on any atom is 0.291 e. The third-order valence-corrected chi connectivity index (χ3v) is 5.20. The number of carbonyl (C=O) groups is 1. The maximum atomic E-state index is 13.2. The van der Waals surface area contributed by atoms with Gasteiger partial charge in [-0.3, -0.25) is 18.8 Å². The number of rotatable bonds is 9. The molecule has 0 atom stereocenters. The summed E-state index contributed by atoms with van der Waals surface area (Å²) >= 11 is 0. The van der Waals surface area contributed by atoms with E-state index in [1.807, 2.05) is 18.5 Å². The zero-order chi connectivity index (χ0) is 24.4. The molecule has 9 nitrogen and oxygen atoms in total. The van der Waals surface area contributed by atoms with E-state index in [1.165, 1.54) is 18.3 Å². The van der Waals surface area contributed by atoms with Crippen molar-refractivity contribution in [2.75, 3.05) is 5.32 Å². The molecule has 0 fully saturated rings. The van der Waals surface area contributed by atoms with Crippen LogP contribution in [0.3, 0.4) is 0 Å². The summed E-state index contributed by atoms with van der Waals surface area (Å²) < 4.78 is 61.6. The molecule has 0 unspecified atom stereocenters. The highest BCUT2D eigenvalue weighted by molar-refractivity contribution is 6.02. The smallest absolute Gasteiger partial charge is 0.291 e. The van der Waals surface area contributed by atoms with E-state index in [0.717, 1.165) is 22.5 Å². The molecule has 0 saturated carbocycles. The van der Waals surface area contributed by atoms with Crippen molar-refractivity contribution in [2.24, 2.45) is 0 Å². The Labute approximate surface area is 191 Å². The Balaban J connectivity index is 1.41. The number of carbonyl (C=O) groups excluding carboxylic acids is 1. The summed E-state index contributed by atoms with van der Waals surface area (Å²) in [6, 6.07) is 3.40. The number of halogens is 4. The Morgan fingerprint density at radius 2 is 1.88 bits per heavy atom. The van der Waals surface area contributed by atoms with E-state index in [0.29, 0.717) is 18.3 Å². The molecule has 1 amide bonds. The molecular weight excluding hydrogens is 458 g/mol. The van der Waals surface area contributed by atoms with Crippen molar-refractivity contribution in [2.45, 2.75) is 46.3 Å². The lowest BCUT2D eigenvalue weighted by atomic mass is 10.2. The monoisotopic (exact) mass is 479 g/mol. The van der Waals surface area contributed by atoms with Gasteiger partial charge in [-0.25, -0.2) is 17.6 Å². The van der Waals surface area contributed by atoms with Gasteiger partial charge in [0.25, 0.3) is 18.8 Å². The molecule has 0 radical (unpaired) electrons. The van der Waals surface area contributed by atoms with Gasteiger partial charge >= 0.3 is 0 Å². The van der Waals surface area contributed by atoms with Crippen LogP contribution < -0.4 is 5.32 Å². The second-order valence-corrected chi connectivity index (χ2v) is 7.47. The molecule has 0 aliphatic heterocycles. The van der Waals surface area contributed by atoms with Crippen LogP contribution in [0.2, 0.25) is 0 Å². The third-order valence-electron chi connectivity index (χ3n) is 5.20. The van der Waals surface area contributed by atoms with Crippen LogP contribution in [0.5, 0.6) is 0 Å². The number of aromatic nitrogens is 6. The van der Waals surface area contributed by atoms with Crippen LogP contribution in [0.4, 0.5) is 23.2 Å². The van der Waals surface area contributed by atoms with Gasteiger partial charge in [-0.2, -0.15) is 15.3 Å². The molecule has 0 saturated heterocycles. The molecule has 34 heavy (non-hydrogen) atoms. The van der Waals surface area contributed by atoms with E-state index in [-0.39, 0.29) is 18.1 Å². The predicted octanol–water partition coefficient (Wildman–Crippen LogP) is 4.42. The normalized spacial score (nSPS) is 11.6. The molecule has 4 heterocycles. The minimum atomic E-state index is -2.99. The van der Waals surface area contributed by atoms with Gasteiger partial charge in [0.05, 0.1) is 31.2 Å². The highest BCUT2D eigenvalue weighted by Crippen LogP contribution is 2.26. The third kappa shape index (κ3) is 4.87. The summed E-state index contributed by atoms with van der Waals surface area (Å²) in [5, 5.41) is 14.7. The Bertz CT molecular complexity index is 1290. The van der Waals surface area contributed by atoms with Crippen LogP contribution in [0.1, 0.15) is 58.7 Å². The SMILES string of the molecule is CCn1ncc(Cn2cc(NC(=O)c3ccc(Cn4nc(C(F)F)cc4C(F)F)o3)cn2)c1C. The van der Waals surface area contributed by atoms with Crippen molar-refractivity contribution in [3.63, 3.8) is 0 Å². The second kappa shape index (κ2) is 9.53. The lowest BCUT2D eigenvalue weighted by molar-refractivity contribution is 0.0994. The fourth-order valence-corrected chi connectivity index (χ4v) is 3.43. The number of hydrogen-bond donors (Lipinski definition) is 1. The molecule has 4 aromatic heterocycles. The van der Waals surface area contributed by atoms with Crippen molar-refractivity contribution in [3.8, 4) is 0 Å². The summed E-state index contributed by atoms with van der Waals surface area (Å²) in [6.07, 6.45) is -1.08. The molecule has 0 spiro atoms. The number of nitrogens with zero attached hydrogens (tertiary/aromatic N) is 6. The van der Waals surface area contributed by atoms with Crippen molar-refractivity contribution >= 4 is 11.6 Å². The average molecular weight is 479 g/mol. The Morgan fingerprint density at radius 3 is 2.56 bits per heavy atom. The number of hydrogen-bond acceptors (Lipinski definition) is 5. The minimum absolute atomic E-state index is 0.0809. The fraction of sp³-hybridized carbons (Fsp3) is 0.333. The number of alkyl halides is 4. The number of aryl methyl sites for hydroxylation is 1. The largest absolute Gasteiger partial charge is 0.454 e. The Kier molecular flexibility index (Phi) is 6.52. The molecule has 0 aliphatic rings. The van der Waals surface area contributed by atoms with Crippen molar-refractivity contribution < 1.29 is 26.8 Å². The predicted molar refractivity (Wildman–Crippen MR) is 112 cm³/mol. The van der Waals surface area contributed by atoms with Gasteiger partial charge in [-0.15, -0.1) is 0 Å². The first kappa shape index (κ1) is 23.3. The summed E-state index contributed by atoms with van der Waals surface area (Å²) in [7, 11) is 0. The number of furan rings is 1. The number of amides is 1. The Morgan fingerprint density at radius 1 is 1.09 bits per heavy atom. The van der Waals surface area contributed by atoms with Gasteiger partial charge in [0, 0.05) is 24.0 Å². The van der Waals surface area contributed by atoms with E-state index in [1.54, 1.807) is 17.1 Å². The molecule has 4 rings (SSSR count). The number of nitrogens with one attached hydrogen (secondary N) is 1. The van der Waals surface area contributed by atoms with Gasteiger partial charge in [0.15, 0.2) is 5.76 Å². The van der Waals surface area contributed by atoms with E-state index >= 15 is 0 Å². The first-order chi connectivity index (χ1) is 16.2. The fourth-order valence-electron chi connectivity index (χ4n) is 3.43. The van der Waals surface area contributed by atoms with Crippen LogP contribution >= 0.6 is 0 Å². The Hall–Kier alpha value is -3.90. The van der Waals surface area contributed by atoms with Crippen LogP contribution in [-0.4, -0.2) is 35.2 Å². The summed E-state index contributed by atoms with van der Waals surface area (Å²) in [5.74, 6) is -0.554. The molecular formula is C21H21F4N7O2. The lowest BCUT2D eigenvalue weighted by Gasteiger charge is -2.04. The summed E-state index contributed by atoms with van der Waals surface area (Å²) in [4.78, 5) is 12.5.